The topological polar surface area (TPSA) is 24.4 Å². The summed E-state index contributed by atoms with van der Waals surface area (Å²) >= 11 is 7.60. The Balaban J connectivity index is 2.09. The van der Waals surface area contributed by atoms with E-state index in [1.165, 1.54) is 12.1 Å². The Morgan fingerprint density at radius 2 is 2.24 bits per heavy atom. The maximum Gasteiger partial charge on any atom is 0.161 e. The predicted molar refractivity (Wildman–Crippen MR) is 73.6 cm³/mol. The molecule has 0 saturated carbocycles. The molecule has 1 aliphatic heterocycles. The summed E-state index contributed by atoms with van der Waals surface area (Å²) in [5.41, 5.74) is 0.932. The normalized spacial score (nSPS) is 18.7. The van der Waals surface area contributed by atoms with Crippen molar-refractivity contribution in [1.29, 1.82) is 0 Å². The quantitative estimate of drug-likeness (QED) is 0.835. The molecule has 0 fully saturated rings. The number of halogens is 2. The molecule has 0 radical (unpaired) electrons. The molecule has 0 spiro atoms. The fraction of sp³-hybridized carbons (Fsp3) is 0.417. The average molecular weight is 273 g/mol. The molecular weight excluding hydrogens is 259 g/mol. The molecule has 2 rings (SSSR count). The molecule has 0 aliphatic carbocycles. The smallest absolute Gasteiger partial charge is 0.161 e. The van der Waals surface area contributed by atoms with Crippen LogP contribution < -0.4 is 5.32 Å². The van der Waals surface area contributed by atoms with Crippen LogP contribution in [0, 0.1) is 11.2 Å². The number of anilines is 1. The summed E-state index contributed by atoms with van der Waals surface area (Å²) in [4.78, 5) is 4.46. The number of hydrogen-bond acceptors (Lipinski definition) is 3. The Hall–Kier alpha value is -0.740. The van der Waals surface area contributed by atoms with E-state index in [-0.39, 0.29) is 11.2 Å². The largest absolute Gasteiger partial charge is 0.334 e. The van der Waals surface area contributed by atoms with Gasteiger partial charge in [-0.1, -0.05) is 37.2 Å². The minimum absolute atomic E-state index is 0.239. The van der Waals surface area contributed by atoms with Crippen molar-refractivity contribution >= 4 is 34.2 Å². The van der Waals surface area contributed by atoms with Crippen molar-refractivity contribution in [1.82, 2.24) is 0 Å². The highest BCUT2D eigenvalue weighted by molar-refractivity contribution is 8.14. The van der Waals surface area contributed by atoms with E-state index in [1.807, 2.05) is 0 Å². The molecule has 0 unspecified atom stereocenters. The van der Waals surface area contributed by atoms with E-state index < -0.39 is 0 Å². The Labute approximate surface area is 110 Å². The summed E-state index contributed by atoms with van der Waals surface area (Å²) < 4.78 is 12.9. The third kappa shape index (κ3) is 3.36. The number of rotatable bonds is 1. The Bertz CT molecular complexity index is 460. The van der Waals surface area contributed by atoms with Crippen molar-refractivity contribution in [3.63, 3.8) is 0 Å². The molecule has 2 nitrogen and oxygen atoms in total. The lowest BCUT2D eigenvalue weighted by Crippen LogP contribution is -2.27. The van der Waals surface area contributed by atoms with Crippen LogP contribution in [-0.2, 0) is 0 Å². The molecular formula is C12H14ClFN2S. The highest BCUT2D eigenvalue weighted by Gasteiger charge is 2.23. The number of aliphatic imine (C=N–C) groups is 1. The number of amidine groups is 1. The molecule has 0 bridgehead atoms. The second-order valence-electron chi connectivity index (χ2n) is 4.82. The van der Waals surface area contributed by atoms with Crippen molar-refractivity contribution in [2.45, 2.75) is 13.8 Å². The van der Waals surface area contributed by atoms with Gasteiger partial charge in [-0.05, 0) is 23.6 Å². The Morgan fingerprint density at radius 1 is 1.47 bits per heavy atom. The molecule has 1 N–H and O–H groups in total. The summed E-state index contributed by atoms with van der Waals surface area (Å²) in [6, 6.07) is 4.30. The van der Waals surface area contributed by atoms with Crippen molar-refractivity contribution in [2.24, 2.45) is 10.4 Å². The third-order valence-electron chi connectivity index (χ3n) is 2.42. The first-order valence-electron chi connectivity index (χ1n) is 5.36. The van der Waals surface area contributed by atoms with Gasteiger partial charge in [-0.25, -0.2) is 4.39 Å². The highest BCUT2D eigenvalue weighted by Crippen LogP contribution is 2.30. The predicted octanol–water partition coefficient (Wildman–Crippen LogP) is 4.02. The molecule has 17 heavy (non-hydrogen) atoms. The molecule has 5 heteroatoms. The first-order chi connectivity index (χ1) is 7.96. The molecule has 1 heterocycles. The van der Waals surface area contributed by atoms with Gasteiger partial charge in [-0.2, -0.15) is 0 Å². The maximum atomic E-state index is 12.9. The van der Waals surface area contributed by atoms with Gasteiger partial charge >= 0.3 is 0 Å². The van der Waals surface area contributed by atoms with Gasteiger partial charge in [0.2, 0.25) is 0 Å². The summed E-state index contributed by atoms with van der Waals surface area (Å²) in [6.45, 7) is 5.16. The van der Waals surface area contributed by atoms with Crippen molar-refractivity contribution in [2.75, 3.05) is 17.6 Å². The first-order valence-corrected chi connectivity index (χ1v) is 6.72. The van der Waals surface area contributed by atoms with Gasteiger partial charge in [0.25, 0.3) is 0 Å². The van der Waals surface area contributed by atoms with Crippen molar-refractivity contribution in [3.8, 4) is 0 Å². The van der Waals surface area contributed by atoms with Gasteiger partial charge in [0.1, 0.15) is 5.82 Å². The second kappa shape index (κ2) is 4.86. The van der Waals surface area contributed by atoms with Gasteiger partial charge in [0.15, 0.2) is 5.17 Å². The molecule has 0 aromatic heterocycles. The van der Waals surface area contributed by atoms with Crippen LogP contribution in [0.5, 0.6) is 0 Å². The Kier molecular flexibility index (Phi) is 3.64. The lowest BCUT2D eigenvalue weighted by Gasteiger charge is -2.27. The van der Waals surface area contributed by atoms with Crippen molar-refractivity contribution < 1.29 is 4.39 Å². The molecule has 0 amide bonds. The SMILES string of the molecule is CC1(C)CN=C(Nc2ccc(F)cc2Cl)SC1. The van der Waals surface area contributed by atoms with Gasteiger partial charge < -0.3 is 5.32 Å². The summed E-state index contributed by atoms with van der Waals surface area (Å²) in [6.07, 6.45) is 0. The number of benzene rings is 1. The van der Waals surface area contributed by atoms with Crippen LogP contribution in [0.15, 0.2) is 23.2 Å². The number of hydrogen-bond donors (Lipinski definition) is 1. The van der Waals surface area contributed by atoms with Gasteiger partial charge in [-0.3, -0.25) is 4.99 Å². The average Bonchev–Trinajstić information content (AvgIpc) is 2.25. The van der Waals surface area contributed by atoms with E-state index in [0.717, 1.165) is 17.5 Å². The Morgan fingerprint density at radius 3 is 2.82 bits per heavy atom. The van der Waals surface area contributed by atoms with Crippen LogP contribution in [0.3, 0.4) is 0 Å². The lowest BCUT2D eigenvalue weighted by atomic mass is 9.97. The zero-order valence-electron chi connectivity index (χ0n) is 9.76. The summed E-state index contributed by atoms with van der Waals surface area (Å²) in [7, 11) is 0. The number of nitrogens with one attached hydrogen (secondary N) is 1. The van der Waals surface area contributed by atoms with Crippen LogP contribution in [-0.4, -0.2) is 17.5 Å². The third-order valence-corrected chi connectivity index (χ3v) is 4.17. The van der Waals surface area contributed by atoms with E-state index in [4.69, 9.17) is 11.6 Å². The van der Waals surface area contributed by atoms with Crippen LogP contribution >= 0.6 is 23.4 Å². The monoisotopic (exact) mass is 272 g/mol. The van der Waals surface area contributed by atoms with Crippen LogP contribution in [0.1, 0.15) is 13.8 Å². The van der Waals surface area contributed by atoms with E-state index in [2.05, 4.69) is 24.2 Å². The first kappa shape index (κ1) is 12.7. The van der Waals surface area contributed by atoms with Crippen LogP contribution in [0.2, 0.25) is 5.02 Å². The lowest BCUT2D eigenvalue weighted by molar-refractivity contribution is 0.438. The molecule has 0 atom stereocenters. The molecule has 0 saturated heterocycles. The standard InChI is InChI=1S/C12H14ClFN2S/c1-12(2)6-15-11(17-7-12)16-10-4-3-8(14)5-9(10)13/h3-5H,6-7H2,1-2H3,(H,15,16). The number of thioether (sulfide) groups is 1. The highest BCUT2D eigenvalue weighted by atomic mass is 35.5. The van der Waals surface area contributed by atoms with E-state index in [9.17, 15) is 4.39 Å². The molecule has 1 aromatic rings. The fourth-order valence-corrected chi connectivity index (χ4v) is 2.59. The van der Waals surface area contributed by atoms with E-state index in [0.29, 0.717) is 10.7 Å². The molecule has 1 aromatic carbocycles. The second-order valence-corrected chi connectivity index (χ2v) is 6.19. The molecule has 1 aliphatic rings. The maximum absolute atomic E-state index is 12.9. The van der Waals surface area contributed by atoms with Crippen molar-refractivity contribution in [3.05, 3.63) is 29.0 Å². The van der Waals surface area contributed by atoms with E-state index in [1.54, 1.807) is 17.8 Å². The van der Waals surface area contributed by atoms with Gasteiger partial charge in [-0.15, -0.1) is 0 Å². The summed E-state index contributed by atoms with van der Waals surface area (Å²) in [5, 5.41) is 4.35. The fourth-order valence-electron chi connectivity index (χ4n) is 1.42. The summed E-state index contributed by atoms with van der Waals surface area (Å²) in [5.74, 6) is 0.678. The van der Waals surface area contributed by atoms with E-state index >= 15 is 0 Å². The molecule has 92 valence electrons. The minimum Gasteiger partial charge on any atom is -0.334 e. The number of nitrogens with zero attached hydrogens (tertiary/aromatic N) is 1. The van der Waals surface area contributed by atoms with Gasteiger partial charge in [0.05, 0.1) is 10.7 Å². The zero-order valence-corrected chi connectivity index (χ0v) is 11.3. The minimum atomic E-state index is -0.333. The van der Waals surface area contributed by atoms with Crippen LogP contribution in [0.25, 0.3) is 0 Å². The zero-order chi connectivity index (χ0) is 12.5. The van der Waals surface area contributed by atoms with Crippen LogP contribution in [0.4, 0.5) is 10.1 Å². The van der Waals surface area contributed by atoms with Gasteiger partial charge in [0, 0.05) is 12.3 Å².